The third-order valence-electron chi connectivity index (χ3n) is 6.08. The van der Waals surface area contributed by atoms with Gasteiger partial charge in [0.15, 0.2) is 5.75 Å². The molecule has 0 saturated carbocycles. The van der Waals surface area contributed by atoms with Crippen molar-refractivity contribution in [2.45, 2.75) is 45.7 Å². The largest absolute Gasteiger partial charge is 0.502 e. The number of fused-ring (bicyclic) bond motifs is 3. The van der Waals surface area contributed by atoms with E-state index >= 15 is 0 Å². The van der Waals surface area contributed by atoms with Gasteiger partial charge in [-0.3, -0.25) is 14.4 Å². The predicted molar refractivity (Wildman–Crippen MR) is 118 cm³/mol. The van der Waals surface area contributed by atoms with Gasteiger partial charge in [-0.05, 0) is 43.4 Å². The van der Waals surface area contributed by atoms with E-state index in [1.807, 2.05) is 6.92 Å². The summed E-state index contributed by atoms with van der Waals surface area (Å²) in [5.41, 5.74) is 0.444. The van der Waals surface area contributed by atoms with Gasteiger partial charge in [0.1, 0.15) is 11.5 Å². The number of hydrogen-bond donors (Lipinski definition) is 1. The number of aromatic hydroxyl groups is 1. The van der Waals surface area contributed by atoms with Crippen LogP contribution in [0.5, 0.6) is 5.75 Å². The number of carbonyl (C=O) groups is 2. The Labute approximate surface area is 190 Å². The van der Waals surface area contributed by atoms with Crippen LogP contribution in [-0.2, 0) is 19.5 Å². The maximum Gasteiger partial charge on any atom is 0.294 e. The normalized spacial score (nSPS) is 16.5. The third-order valence-corrected chi connectivity index (χ3v) is 6.37. The molecule has 2 aromatic rings. The van der Waals surface area contributed by atoms with Crippen molar-refractivity contribution in [3.8, 4) is 5.75 Å². The Bertz CT molecular complexity index is 1150. The average Bonchev–Trinajstić information content (AvgIpc) is 2.76. The highest BCUT2D eigenvalue weighted by atomic mass is 35.5. The van der Waals surface area contributed by atoms with Crippen molar-refractivity contribution < 1.29 is 19.1 Å². The fraction of sp³-hybridized carbons (Fsp3) is 0.435. The summed E-state index contributed by atoms with van der Waals surface area (Å²) in [7, 11) is 0. The lowest BCUT2D eigenvalue weighted by molar-refractivity contribution is 0.0707. The Morgan fingerprint density at radius 2 is 1.81 bits per heavy atom. The lowest BCUT2D eigenvalue weighted by Crippen LogP contribution is -2.44. The molecule has 170 valence electrons. The zero-order chi connectivity index (χ0) is 23.0. The molecule has 2 aliphatic heterocycles. The first-order valence-electron chi connectivity index (χ1n) is 10.8. The highest BCUT2D eigenvalue weighted by Crippen LogP contribution is 2.30. The zero-order valence-corrected chi connectivity index (χ0v) is 18.6. The van der Waals surface area contributed by atoms with Crippen LogP contribution in [0.15, 0.2) is 23.0 Å². The first-order valence-corrected chi connectivity index (χ1v) is 11.2. The SMILES string of the molecule is CCCN1CCCCn2c(c3c(c(O)c2=O)C(=O)N(Cc2ccc(F)c(Cl)c2)CC3)C1=O. The fourth-order valence-electron chi connectivity index (χ4n) is 4.52. The second-order valence-corrected chi connectivity index (χ2v) is 8.64. The van der Waals surface area contributed by atoms with Gasteiger partial charge in [0.2, 0.25) is 0 Å². The molecule has 3 heterocycles. The lowest BCUT2D eigenvalue weighted by atomic mass is 9.94. The summed E-state index contributed by atoms with van der Waals surface area (Å²) in [6, 6.07) is 4.21. The van der Waals surface area contributed by atoms with Gasteiger partial charge < -0.3 is 19.5 Å². The molecule has 0 spiro atoms. The van der Waals surface area contributed by atoms with E-state index in [1.54, 1.807) is 4.90 Å². The molecule has 0 bridgehead atoms. The molecule has 0 atom stereocenters. The summed E-state index contributed by atoms with van der Waals surface area (Å²) in [6.45, 7) is 3.91. The van der Waals surface area contributed by atoms with Gasteiger partial charge in [0, 0.05) is 38.3 Å². The van der Waals surface area contributed by atoms with Gasteiger partial charge in [-0.2, -0.15) is 0 Å². The van der Waals surface area contributed by atoms with E-state index < -0.39 is 23.0 Å². The summed E-state index contributed by atoms with van der Waals surface area (Å²) < 4.78 is 14.8. The summed E-state index contributed by atoms with van der Waals surface area (Å²) in [5, 5.41) is 10.6. The highest BCUT2D eigenvalue weighted by molar-refractivity contribution is 6.30. The number of benzene rings is 1. The van der Waals surface area contributed by atoms with Gasteiger partial charge in [-0.1, -0.05) is 24.6 Å². The van der Waals surface area contributed by atoms with Gasteiger partial charge in [-0.25, -0.2) is 4.39 Å². The number of halogens is 2. The molecular weight excluding hydrogens is 437 g/mol. The van der Waals surface area contributed by atoms with E-state index in [1.165, 1.54) is 27.7 Å². The Kier molecular flexibility index (Phi) is 6.24. The van der Waals surface area contributed by atoms with E-state index in [0.717, 1.165) is 12.8 Å². The zero-order valence-electron chi connectivity index (χ0n) is 17.9. The Morgan fingerprint density at radius 3 is 2.53 bits per heavy atom. The van der Waals surface area contributed by atoms with Crippen LogP contribution in [0.1, 0.15) is 58.2 Å². The molecule has 0 saturated heterocycles. The topological polar surface area (TPSA) is 82.8 Å². The second-order valence-electron chi connectivity index (χ2n) is 8.23. The number of carbonyl (C=O) groups excluding carboxylic acids is 2. The monoisotopic (exact) mass is 461 g/mol. The maximum atomic E-state index is 13.5. The quantitative estimate of drug-likeness (QED) is 0.758. The average molecular weight is 462 g/mol. The van der Waals surface area contributed by atoms with Gasteiger partial charge in [0.25, 0.3) is 17.4 Å². The van der Waals surface area contributed by atoms with Crippen LogP contribution < -0.4 is 5.56 Å². The fourth-order valence-corrected chi connectivity index (χ4v) is 4.72. The number of nitrogens with zero attached hydrogens (tertiary/aromatic N) is 3. The molecule has 0 radical (unpaired) electrons. The summed E-state index contributed by atoms with van der Waals surface area (Å²) in [4.78, 5) is 42.8. The second kappa shape index (κ2) is 8.94. The molecule has 1 aromatic heterocycles. The number of aromatic nitrogens is 1. The predicted octanol–water partition coefficient (Wildman–Crippen LogP) is 3.19. The van der Waals surface area contributed by atoms with Crippen LogP contribution in [0.3, 0.4) is 0 Å². The number of amides is 2. The Hall–Kier alpha value is -2.87. The summed E-state index contributed by atoms with van der Waals surface area (Å²) in [5.74, 6) is -1.97. The molecule has 0 fully saturated rings. The number of rotatable bonds is 4. The van der Waals surface area contributed by atoms with Gasteiger partial charge >= 0.3 is 0 Å². The molecule has 1 N–H and O–H groups in total. The molecule has 9 heteroatoms. The molecule has 32 heavy (non-hydrogen) atoms. The summed E-state index contributed by atoms with van der Waals surface area (Å²) >= 11 is 5.85. The van der Waals surface area contributed by atoms with Crippen molar-refractivity contribution in [1.82, 2.24) is 14.4 Å². The Balaban J connectivity index is 1.77. The number of hydrogen-bond acceptors (Lipinski definition) is 4. The van der Waals surface area contributed by atoms with Crippen LogP contribution >= 0.6 is 11.6 Å². The van der Waals surface area contributed by atoms with Crippen molar-refractivity contribution in [3.63, 3.8) is 0 Å². The molecule has 2 amide bonds. The van der Waals surface area contributed by atoms with E-state index in [4.69, 9.17) is 11.6 Å². The minimum Gasteiger partial charge on any atom is -0.502 e. The first-order chi connectivity index (χ1) is 15.3. The highest BCUT2D eigenvalue weighted by Gasteiger charge is 2.36. The van der Waals surface area contributed by atoms with Crippen LogP contribution in [0.4, 0.5) is 4.39 Å². The lowest BCUT2D eigenvalue weighted by Gasteiger charge is -2.33. The third kappa shape index (κ3) is 3.88. The van der Waals surface area contributed by atoms with Crippen molar-refractivity contribution >= 4 is 23.4 Å². The van der Waals surface area contributed by atoms with Gasteiger partial charge in [0.05, 0.1) is 10.6 Å². The number of pyridine rings is 1. The standard InChI is InChI=1S/C23H25ClFN3O4/c1-2-8-26-9-3-4-10-28-19(22(26)31)15-7-11-27(21(30)18(15)20(29)23(28)32)13-14-5-6-17(25)16(24)12-14/h5-6,12,29H,2-4,7-11,13H2,1H3. The van der Waals surface area contributed by atoms with Crippen molar-refractivity contribution in [3.05, 3.63) is 61.8 Å². The molecular formula is C23H25ClFN3O4. The van der Waals surface area contributed by atoms with Crippen molar-refractivity contribution in [1.29, 1.82) is 0 Å². The van der Waals surface area contributed by atoms with E-state index in [2.05, 4.69) is 0 Å². The van der Waals surface area contributed by atoms with Crippen LogP contribution in [-0.4, -0.2) is 50.9 Å². The smallest absolute Gasteiger partial charge is 0.294 e. The molecule has 0 unspecified atom stereocenters. The Morgan fingerprint density at radius 1 is 1.06 bits per heavy atom. The molecule has 0 aliphatic carbocycles. The van der Waals surface area contributed by atoms with Crippen LogP contribution in [0, 0.1) is 5.82 Å². The molecule has 4 rings (SSSR count). The minimum atomic E-state index is -0.717. The van der Waals surface area contributed by atoms with Gasteiger partial charge in [-0.15, -0.1) is 0 Å². The maximum absolute atomic E-state index is 13.5. The first kappa shape index (κ1) is 22.3. The molecule has 2 aliphatic rings. The van der Waals surface area contributed by atoms with E-state index in [9.17, 15) is 23.9 Å². The minimum absolute atomic E-state index is 0.0450. The van der Waals surface area contributed by atoms with E-state index in [-0.39, 0.29) is 28.7 Å². The molecule has 7 nitrogen and oxygen atoms in total. The van der Waals surface area contributed by atoms with Crippen LogP contribution in [0.2, 0.25) is 5.02 Å². The van der Waals surface area contributed by atoms with Crippen LogP contribution in [0.25, 0.3) is 0 Å². The van der Waals surface area contributed by atoms with E-state index in [0.29, 0.717) is 50.1 Å². The van der Waals surface area contributed by atoms with Crippen molar-refractivity contribution in [2.24, 2.45) is 0 Å². The molecule has 1 aromatic carbocycles. The summed E-state index contributed by atoms with van der Waals surface area (Å²) in [6.07, 6.45) is 2.57. The van der Waals surface area contributed by atoms with Crippen molar-refractivity contribution in [2.75, 3.05) is 19.6 Å².